The third-order valence-corrected chi connectivity index (χ3v) is 4.13. The number of hydrogen-bond donors (Lipinski definition) is 4. The quantitative estimate of drug-likeness (QED) is 0.449. The summed E-state index contributed by atoms with van der Waals surface area (Å²) in [6.45, 7) is 1.25. The van der Waals surface area contributed by atoms with Gasteiger partial charge in [-0.2, -0.15) is 13.2 Å². The van der Waals surface area contributed by atoms with Crippen LogP contribution in [-0.2, 0) is 9.53 Å². The molecule has 26 heavy (non-hydrogen) atoms. The van der Waals surface area contributed by atoms with E-state index in [9.17, 15) is 28.2 Å². The number of nitrogens with one attached hydrogen (secondary N) is 2. The first-order chi connectivity index (χ1) is 12.0. The van der Waals surface area contributed by atoms with E-state index < -0.39 is 34.9 Å². The third kappa shape index (κ3) is 3.49. The fourth-order valence-corrected chi connectivity index (χ4v) is 2.98. The molecule has 0 amide bonds. The zero-order valence-electron chi connectivity index (χ0n) is 13.8. The van der Waals surface area contributed by atoms with Gasteiger partial charge < -0.3 is 30.3 Å². The lowest BCUT2D eigenvalue weighted by atomic mass is 9.82. The summed E-state index contributed by atoms with van der Waals surface area (Å²) in [5.74, 6) is -3.64. The molecule has 7 nitrogen and oxygen atoms in total. The Balaban J connectivity index is 2.60. The van der Waals surface area contributed by atoms with Crippen molar-refractivity contribution in [2.75, 3.05) is 13.7 Å². The molecule has 2 rings (SSSR count). The smallest absolute Gasteiger partial charge is 0.437 e. The second-order valence-electron chi connectivity index (χ2n) is 5.50. The minimum atomic E-state index is -5.23. The van der Waals surface area contributed by atoms with Crippen molar-refractivity contribution in [2.45, 2.75) is 24.9 Å². The molecule has 4 N–H and O–H groups in total. The Morgan fingerprint density at radius 2 is 2.08 bits per heavy atom. The molecule has 11 heteroatoms. The third-order valence-electron chi connectivity index (χ3n) is 3.91. The van der Waals surface area contributed by atoms with Crippen LogP contribution < -0.4 is 15.4 Å². The van der Waals surface area contributed by atoms with Crippen LogP contribution in [0.25, 0.3) is 0 Å². The van der Waals surface area contributed by atoms with Crippen molar-refractivity contribution in [3.8, 4) is 11.5 Å². The highest BCUT2D eigenvalue weighted by molar-refractivity contribution is 7.80. The van der Waals surface area contributed by atoms with Crippen LogP contribution in [0, 0.1) is 5.92 Å². The first-order valence-electron chi connectivity index (χ1n) is 7.46. The molecule has 1 heterocycles. The first-order valence-corrected chi connectivity index (χ1v) is 7.87. The van der Waals surface area contributed by atoms with E-state index in [1.165, 1.54) is 32.2 Å². The number of methoxy groups -OCH3 is 1. The summed E-state index contributed by atoms with van der Waals surface area (Å²) in [6.07, 6.45) is -5.23. The van der Waals surface area contributed by atoms with Gasteiger partial charge in [0, 0.05) is 0 Å². The molecule has 1 aliphatic rings. The zero-order chi connectivity index (χ0) is 19.7. The van der Waals surface area contributed by atoms with Gasteiger partial charge in [-0.25, -0.2) is 0 Å². The summed E-state index contributed by atoms with van der Waals surface area (Å²) < 4.78 is 50.4. The lowest BCUT2D eigenvalue weighted by molar-refractivity contribution is -0.292. The summed E-state index contributed by atoms with van der Waals surface area (Å²) >= 11 is 4.78. The highest BCUT2D eigenvalue weighted by Crippen LogP contribution is 2.44. The second kappa shape index (κ2) is 7.16. The van der Waals surface area contributed by atoms with Gasteiger partial charge in [-0.05, 0) is 36.8 Å². The number of carbonyl (C=O) groups is 1. The number of aliphatic hydroxyl groups is 1. The summed E-state index contributed by atoms with van der Waals surface area (Å²) in [4.78, 5) is 12.3. The van der Waals surface area contributed by atoms with Gasteiger partial charge in [-0.15, -0.1) is 0 Å². The number of carbonyl (C=O) groups excluding carboxylic acids is 1. The number of phenols is 1. The van der Waals surface area contributed by atoms with Crippen molar-refractivity contribution in [3.05, 3.63) is 23.8 Å². The van der Waals surface area contributed by atoms with Crippen molar-refractivity contribution in [3.63, 3.8) is 0 Å². The Bertz CT molecular complexity index is 715. The molecule has 1 aromatic carbocycles. The van der Waals surface area contributed by atoms with Crippen molar-refractivity contribution < 1.29 is 37.7 Å². The van der Waals surface area contributed by atoms with Gasteiger partial charge in [0.25, 0.3) is 5.72 Å². The van der Waals surface area contributed by atoms with Gasteiger partial charge in [0.05, 0.1) is 19.8 Å². The summed E-state index contributed by atoms with van der Waals surface area (Å²) in [7, 11) is 1.26. The molecule has 1 aromatic rings. The van der Waals surface area contributed by atoms with E-state index >= 15 is 0 Å². The van der Waals surface area contributed by atoms with E-state index in [1.807, 2.05) is 0 Å². The monoisotopic (exact) mass is 394 g/mol. The van der Waals surface area contributed by atoms with Crippen LogP contribution >= 0.6 is 12.2 Å². The average Bonchev–Trinajstić information content (AvgIpc) is 2.53. The van der Waals surface area contributed by atoms with E-state index in [0.717, 1.165) is 0 Å². The molecular weight excluding hydrogens is 377 g/mol. The molecule has 0 aliphatic carbocycles. The number of hydrogen-bond acceptors (Lipinski definition) is 6. The number of halogens is 3. The summed E-state index contributed by atoms with van der Waals surface area (Å²) in [5, 5.41) is 23.8. The van der Waals surface area contributed by atoms with E-state index in [0.29, 0.717) is 0 Å². The Kier molecular flexibility index (Phi) is 5.52. The Morgan fingerprint density at radius 3 is 2.62 bits per heavy atom. The lowest BCUT2D eigenvalue weighted by Crippen LogP contribution is -2.73. The maximum absolute atomic E-state index is 13.6. The van der Waals surface area contributed by atoms with Crippen LogP contribution in [0.3, 0.4) is 0 Å². The van der Waals surface area contributed by atoms with Crippen LogP contribution in [0.15, 0.2) is 18.2 Å². The van der Waals surface area contributed by atoms with Crippen LogP contribution in [0.5, 0.6) is 11.5 Å². The van der Waals surface area contributed by atoms with Gasteiger partial charge in [0.1, 0.15) is 5.92 Å². The van der Waals surface area contributed by atoms with E-state index in [4.69, 9.17) is 21.7 Å². The maximum atomic E-state index is 13.6. The molecule has 0 radical (unpaired) electrons. The van der Waals surface area contributed by atoms with Crippen molar-refractivity contribution in [1.82, 2.24) is 10.6 Å². The molecule has 144 valence electrons. The van der Waals surface area contributed by atoms with Crippen molar-refractivity contribution in [2.24, 2.45) is 5.92 Å². The molecule has 1 aliphatic heterocycles. The molecule has 3 atom stereocenters. The zero-order valence-corrected chi connectivity index (χ0v) is 14.6. The minimum Gasteiger partial charge on any atom is -0.504 e. The second-order valence-corrected chi connectivity index (χ2v) is 5.91. The van der Waals surface area contributed by atoms with Gasteiger partial charge in [-0.1, -0.05) is 6.07 Å². The number of ether oxygens (including phenoxy) is 2. The van der Waals surface area contributed by atoms with E-state index in [2.05, 4.69) is 5.32 Å². The van der Waals surface area contributed by atoms with Gasteiger partial charge in [-0.3, -0.25) is 4.79 Å². The highest BCUT2D eigenvalue weighted by atomic mass is 32.1. The highest BCUT2D eigenvalue weighted by Gasteiger charge is 2.66. The maximum Gasteiger partial charge on any atom is 0.437 e. The van der Waals surface area contributed by atoms with E-state index in [-0.39, 0.29) is 23.7 Å². The molecule has 1 saturated heterocycles. The normalized spacial score (nSPS) is 25.8. The molecule has 0 unspecified atom stereocenters. The molecule has 0 saturated carbocycles. The number of rotatable bonds is 4. The minimum absolute atomic E-state index is 0.0214. The van der Waals surface area contributed by atoms with Crippen molar-refractivity contribution >= 4 is 23.3 Å². The Hall–Kier alpha value is -2.27. The Labute approximate surface area is 152 Å². The van der Waals surface area contributed by atoms with Crippen LogP contribution in [0.1, 0.15) is 18.5 Å². The summed E-state index contributed by atoms with van der Waals surface area (Å²) in [5.41, 5.74) is -3.51. The largest absolute Gasteiger partial charge is 0.504 e. The van der Waals surface area contributed by atoms with Gasteiger partial charge >= 0.3 is 12.1 Å². The Morgan fingerprint density at radius 1 is 1.42 bits per heavy atom. The molecule has 0 aromatic heterocycles. The number of aromatic hydroxyl groups is 1. The van der Waals surface area contributed by atoms with E-state index in [1.54, 1.807) is 5.32 Å². The molecule has 0 spiro atoms. The fraction of sp³-hybridized carbons (Fsp3) is 0.467. The predicted molar refractivity (Wildman–Crippen MR) is 87.4 cm³/mol. The van der Waals surface area contributed by atoms with Gasteiger partial charge in [0.15, 0.2) is 16.6 Å². The lowest BCUT2D eigenvalue weighted by Gasteiger charge is -2.45. The standard InChI is InChI=1S/C15H17F3N2O5S/c1-3-25-12(22)10-11(7-4-5-8(21)9(6-7)24-2)19-13(26)20-14(10,23)15(16,17)18/h4-6,10-11,21,23H,3H2,1-2H3,(H2,19,20,26)/t10-,11-,14-/m1/s1. The number of alkyl halides is 3. The average molecular weight is 394 g/mol. The molecular formula is C15H17F3N2O5S. The topological polar surface area (TPSA) is 100 Å². The van der Waals surface area contributed by atoms with Crippen LogP contribution in [0.2, 0.25) is 0 Å². The van der Waals surface area contributed by atoms with Gasteiger partial charge in [0.2, 0.25) is 0 Å². The fourth-order valence-electron chi connectivity index (χ4n) is 2.70. The summed E-state index contributed by atoms with van der Waals surface area (Å²) in [6, 6.07) is 2.33. The predicted octanol–water partition coefficient (Wildman–Crippen LogP) is 1.35. The first kappa shape index (κ1) is 20.0. The number of benzene rings is 1. The number of phenolic OH excluding ortho intramolecular Hbond substituents is 1. The molecule has 1 fully saturated rings. The molecule has 0 bridgehead atoms. The van der Waals surface area contributed by atoms with Crippen LogP contribution in [-0.4, -0.2) is 46.9 Å². The van der Waals surface area contributed by atoms with Crippen molar-refractivity contribution in [1.29, 1.82) is 0 Å². The SMILES string of the molecule is CCOC(=O)[C@H]1[C@@H](c2ccc(O)c(OC)c2)NC(=S)N[C@]1(O)C(F)(F)F. The number of thiocarbonyl (C=S) groups is 1. The number of esters is 1. The van der Waals surface area contributed by atoms with Crippen LogP contribution in [0.4, 0.5) is 13.2 Å².